The maximum absolute atomic E-state index is 5.21. The molecule has 1 aromatic heterocycles. The topological polar surface area (TPSA) is 52.0 Å². The first kappa shape index (κ1) is 12.7. The van der Waals surface area contributed by atoms with Crippen molar-refractivity contribution in [1.82, 2.24) is 20.3 Å². The van der Waals surface area contributed by atoms with E-state index in [1.807, 2.05) is 28.9 Å². The van der Waals surface area contributed by atoms with Crippen LogP contribution >= 0.6 is 0 Å². The third kappa shape index (κ3) is 2.75. The van der Waals surface area contributed by atoms with Crippen LogP contribution in [0.5, 0.6) is 0 Å². The van der Waals surface area contributed by atoms with E-state index in [9.17, 15) is 0 Å². The fraction of sp³-hybridized carbons (Fsp3) is 0.385. The predicted molar refractivity (Wildman–Crippen MR) is 69.5 cm³/mol. The molecule has 1 heterocycles. The van der Waals surface area contributed by atoms with Gasteiger partial charge in [-0.25, -0.2) is 4.68 Å². The van der Waals surface area contributed by atoms with Crippen molar-refractivity contribution in [3.05, 3.63) is 41.7 Å². The van der Waals surface area contributed by atoms with Gasteiger partial charge in [0.2, 0.25) is 0 Å². The molecule has 0 spiro atoms. The van der Waals surface area contributed by atoms with Gasteiger partial charge in [-0.3, -0.25) is 0 Å². The van der Waals surface area contributed by atoms with Gasteiger partial charge in [0.15, 0.2) is 0 Å². The van der Waals surface area contributed by atoms with Crippen LogP contribution in [0, 0.1) is 0 Å². The molecule has 1 aromatic carbocycles. The number of rotatable bonds is 6. The Labute approximate surface area is 107 Å². The summed E-state index contributed by atoms with van der Waals surface area (Å²) >= 11 is 0. The van der Waals surface area contributed by atoms with Crippen molar-refractivity contribution in [2.45, 2.75) is 20.1 Å². The second-order valence-electron chi connectivity index (χ2n) is 3.98. The van der Waals surface area contributed by atoms with E-state index in [0.717, 1.165) is 30.0 Å². The summed E-state index contributed by atoms with van der Waals surface area (Å²) in [4.78, 5) is 0. The zero-order valence-corrected chi connectivity index (χ0v) is 10.8. The lowest BCUT2D eigenvalue weighted by Gasteiger charge is -2.11. The van der Waals surface area contributed by atoms with E-state index in [0.29, 0.717) is 6.61 Å². The molecule has 0 aliphatic rings. The Hall–Kier alpha value is -1.72. The van der Waals surface area contributed by atoms with Crippen molar-refractivity contribution in [1.29, 1.82) is 0 Å². The number of para-hydroxylation sites is 1. The first-order valence-corrected chi connectivity index (χ1v) is 6.04. The molecule has 0 saturated carbocycles. The van der Waals surface area contributed by atoms with Gasteiger partial charge in [-0.05, 0) is 12.6 Å². The lowest BCUT2D eigenvalue weighted by atomic mass is 10.2. The fourth-order valence-corrected chi connectivity index (χ4v) is 1.83. The maximum atomic E-state index is 5.21. The molecule has 0 atom stereocenters. The molecule has 18 heavy (non-hydrogen) atoms. The van der Waals surface area contributed by atoms with Crippen LogP contribution in [0.2, 0.25) is 0 Å². The largest absolute Gasteiger partial charge is 0.380 e. The van der Waals surface area contributed by atoms with Gasteiger partial charge in [0.1, 0.15) is 0 Å². The van der Waals surface area contributed by atoms with E-state index < -0.39 is 0 Å². The van der Waals surface area contributed by atoms with Crippen LogP contribution in [0.4, 0.5) is 0 Å². The number of nitrogens with one attached hydrogen (secondary N) is 1. The SMILES string of the molecule is CCNCc1cnnn1-c1ccccc1COC. The van der Waals surface area contributed by atoms with Crippen molar-refractivity contribution in [3.8, 4) is 5.69 Å². The minimum Gasteiger partial charge on any atom is -0.380 e. The number of hydrogen-bond acceptors (Lipinski definition) is 4. The zero-order chi connectivity index (χ0) is 12.8. The summed E-state index contributed by atoms with van der Waals surface area (Å²) in [6.07, 6.45) is 1.78. The van der Waals surface area contributed by atoms with Gasteiger partial charge in [0.25, 0.3) is 0 Å². The molecule has 1 N–H and O–H groups in total. The highest BCUT2D eigenvalue weighted by Gasteiger charge is 2.09. The van der Waals surface area contributed by atoms with Crippen molar-refractivity contribution in [2.75, 3.05) is 13.7 Å². The number of hydrogen-bond donors (Lipinski definition) is 1. The first-order valence-electron chi connectivity index (χ1n) is 6.04. The first-order chi connectivity index (χ1) is 8.86. The third-order valence-corrected chi connectivity index (χ3v) is 2.70. The van der Waals surface area contributed by atoms with E-state index >= 15 is 0 Å². The smallest absolute Gasteiger partial charge is 0.0783 e. The Morgan fingerprint density at radius 1 is 1.33 bits per heavy atom. The molecule has 0 saturated heterocycles. The zero-order valence-electron chi connectivity index (χ0n) is 10.8. The van der Waals surface area contributed by atoms with Crippen molar-refractivity contribution in [3.63, 3.8) is 0 Å². The van der Waals surface area contributed by atoms with Crippen LogP contribution in [0.1, 0.15) is 18.2 Å². The van der Waals surface area contributed by atoms with Gasteiger partial charge in [-0.2, -0.15) is 0 Å². The average Bonchev–Trinajstić information content (AvgIpc) is 2.85. The summed E-state index contributed by atoms with van der Waals surface area (Å²) in [6, 6.07) is 8.06. The average molecular weight is 246 g/mol. The molecular formula is C13H18N4O. The Morgan fingerprint density at radius 2 is 2.17 bits per heavy atom. The number of ether oxygens (including phenoxy) is 1. The maximum Gasteiger partial charge on any atom is 0.0783 e. The summed E-state index contributed by atoms with van der Waals surface area (Å²) < 4.78 is 7.07. The monoisotopic (exact) mass is 246 g/mol. The Bertz CT molecular complexity index is 495. The molecule has 5 heteroatoms. The fourth-order valence-electron chi connectivity index (χ4n) is 1.83. The third-order valence-electron chi connectivity index (χ3n) is 2.70. The second kappa shape index (κ2) is 6.28. The molecule has 2 aromatic rings. The van der Waals surface area contributed by atoms with Crippen LogP contribution < -0.4 is 5.32 Å². The van der Waals surface area contributed by atoms with E-state index in [1.165, 1.54) is 0 Å². The molecule has 0 radical (unpaired) electrons. The van der Waals surface area contributed by atoms with Gasteiger partial charge in [0.05, 0.1) is 24.2 Å². The summed E-state index contributed by atoms with van der Waals surface area (Å²) in [6.45, 7) is 4.32. The highest BCUT2D eigenvalue weighted by molar-refractivity contribution is 5.40. The summed E-state index contributed by atoms with van der Waals surface area (Å²) in [5.41, 5.74) is 3.16. The normalized spacial score (nSPS) is 10.8. The number of benzene rings is 1. The number of aromatic nitrogens is 3. The van der Waals surface area contributed by atoms with E-state index in [-0.39, 0.29) is 0 Å². The van der Waals surface area contributed by atoms with Gasteiger partial charge in [0, 0.05) is 19.2 Å². The standard InChI is InChI=1S/C13H18N4O/c1-3-14-8-12-9-15-16-17(12)13-7-5-4-6-11(13)10-18-2/h4-7,9,14H,3,8,10H2,1-2H3. The van der Waals surface area contributed by atoms with Gasteiger partial charge < -0.3 is 10.1 Å². The van der Waals surface area contributed by atoms with Crippen LogP contribution in [0.25, 0.3) is 5.69 Å². The summed E-state index contributed by atoms with van der Waals surface area (Å²) in [5, 5.41) is 11.4. The molecule has 96 valence electrons. The molecule has 0 amide bonds. The van der Waals surface area contributed by atoms with Gasteiger partial charge in [-0.15, -0.1) is 5.10 Å². The molecule has 5 nitrogen and oxygen atoms in total. The van der Waals surface area contributed by atoms with Crippen molar-refractivity contribution < 1.29 is 4.74 Å². The molecule has 0 unspecified atom stereocenters. The Balaban J connectivity index is 2.33. The van der Waals surface area contributed by atoms with Gasteiger partial charge >= 0.3 is 0 Å². The molecule has 0 bridgehead atoms. The second-order valence-corrected chi connectivity index (χ2v) is 3.98. The number of methoxy groups -OCH3 is 1. The molecule has 0 aliphatic carbocycles. The lowest BCUT2D eigenvalue weighted by molar-refractivity contribution is 0.184. The lowest BCUT2D eigenvalue weighted by Crippen LogP contribution is -2.16. The van der Waals surface area contributed by atoms with Crippen LogP contribution in [-0.2, 0) is 17.9 Å². The van der Waals surface area contributed by atoms with Crippen molar-refractivity contribution in [2.24, 2.45) is 0 Å². The Kier molecular flexibility index (Phi) is 4.44. The Morgan fingerprint density at radius 3 is 2.94 bits per heavy atom. The summed E-state index contributed by atoms with van der Waals surface area (Å²) in [5.74, 6) is 0. The minimum absolute atomic E-state index is 0.566. The van der Waals surface area contributed by atoms with E-state index in [2.05, 4.69) is 22.6 Å². The van der Waals surface area contributed by atoms with Crippen molar-refractivity contribution >= 4 is 0 Å². The molecule has 0 aliphatic heterocycles. The quantitative estimate of drug-likeness (QED) is 0.839. The molecule has 0 fully saturated rings. The van der Waals surface area contributed by atoms with Gasteiger partial charge in [-0.1, -0.05) is 30.3 Å². The van der Waals surface area contributed by atoms with Crippen LogP contribution in [0.3, 0.4) is 0 Å². The highest BCUT2D eigenvalue weighted by atomic mass is 16.5. The number of nitrogens with zero attached hydrogens (tertiary/aromatic N) is 3. The molecule has 2 rings (SSSR count). The van der Waals surface area contributed by atoms with Crippen LogP contribution in [0.15, 0.2) is 30.5 Å². The van der Waals surface area contributed by atoms with E-state index in [4.69, 9.17) is 4.74 Å². The highest BCUT2D eigenvalue weighted by Crippen LogP contribution is 2.16. The summed E-state index contributed by atoms with van der Waals surface area (Å²) in [7, 11) is 1.69. The minimum atomic E-state index is 0.566. The molecular weight excluding hydrogens is 228 g/mol. The van der Waals surface area contributed by atoms with Crippen LogP contribution in [-0.4, -0.2) is 28.6 Å². The van der Waals surface area contributed by atoms with E-state index in [1.54, 1.807) is 13.3 Å². The predicted octanol–water partition coefficient (Wildman–Crippen LogP) is 1.52.